The third kappa shape index (κ3) is 2.44. The molecule has 0 aromatic carbocycles. The van der Waals surface area contributed by atoms with Crippen molar-refractivity contribution < 1.29 is 4.79 Å². The van der Waals surface area contributed by atoms with Gasteiger partial charge < -0.3 is 5.32 Å². The lowest BCUT2D eigenvalue weighted by Gasteiger charge is -2.06. The SMILES string of the molecule is CC(C)NC(=O)n1ccc(-c2cc(=O)[nH][nH]2)n1. The highest BCUT2D eigenvalue weighted by Gasteiger charge is 2.10. The van der Waals surface area contributed by atoms with Gasteiger partial charge in [0.25, 0.3) is 5.56 Å². The number of nitrogens with one attached hydrogen (secondary N) is 3. The summed E-state index contributed by atoms with van der Waals surface area (Å²) in [7, 11) is 0. The van der Waals surface area contributed by atoms with Crippen molar-refractivity contribution in [2.45, 2.75) is 19.9 Å². The van der Waals surface area contributed by atoms with E-state index >= 15 is 0 Å². The summed E-state index contributed by atoms with van der Waals surface area (Å²) in [4.78, 5) is 22.6. The highest BCUT2D eigenvalue weighted by atomic mass is 16.2. The Bertz CT molecular complexity index is 577. The molecule has 7 heteroatoms. The van der Waals surface area contributed by atoms with Gasteiger partial charge in [-0.25, -0.2) is 4.79 Å². The van der Waals surface area contributed by atoms with Crippen LogP contribution in [0.2, 0.25) is 0 Å². The van der Waals surface area contributed by atoms with Crippen molar-refractivity contribution in [2.24, 2.45) is 0 Å². The van der Waals surface area contributed by atoms with Gasteiger partial charge in [-0.05, 0) is 19.9 Å². The molecule has 17 heavy (non-hydrogen) atoms. The zero-order valence-corrected chi connectivity index (χ0v) is 9.52. The number of amides is 1. The summed E-state index contributed by atoms with van der Waals surface area (Å²) in [6.45, 7) is 3.73. The molecule has 0 aliphatic carbocycles. The molecule has 2 heterocycles. The lowest BCUT2D eigenvalue weighted by molar-refractivity contribution is 0.237. The van der Waals surface area contributed by atoms with Gasteiger partial charge in [0.05, 0.1) is 5.69 Å². The van der Waals surface area contributed by atoms with Crippen LogP contribution in [0.4, 0.5) is 4.79 Å². The molecule has 0 aliphatic heterocycles. The second-order valence-electron chi connectivity index (χ2n) is 3.92. The van der Waals surface area contributed by atoms with Crippen LogP contribution in [0.25, 0.3) is 11.4 Å². The van der Waals surface area contributed by atoms with Crippen molar-refractivity contribution in [1.82, 2.24) is 25.3 Å². The Morgan fingerprint density at radius 1 is 1.47 bits per heavy atom. The fourth-order valence-electron chi connectivity index (χ4n) is 1.36. The van der Waals surface area contributed by atoms with Crippen LogP contribution in [0.3, 0.4) is 0 Å². The van der Waals surface area contributed by atoms with Crippen molar-refractivity contribution in [3.8, 4) is 11.4 Å². The molecule has 0 radical (unpaired) electrons. The molecular weight excluding hydrogens is 222 g/mol. The molecular formula is C10H13N5O2. The normalized spacial score (nSPS) is 10.8. The Morgan fingerprint density at radius 3 is 2.82 bits per heavy atom. The number of aromatic nitrogens is 4. The maximum Gasteiger partial charge on any atom is 0.342 e. The first kappa shape index (κ1) is 11.2. The van der Waals surface area contributed by atoms with E-state index in [0.29, 0.717) is 11.4 Å². The van der Waals surface area contributed by atoms with Gasteiger partial charge in [-0.2, -0.15) is 9.78 Å². The fraction of sp³-hybridized carbons (Fsp3) is 0.300. The zero-order valence-electron chi connectivity index (χ0n) is 9.52. The van der Waals surface area contributed by atoms with Crippen LogP contribution in [0, 0.1) is 0 Å². The predicted molar refractivity (Wildman–Crippen MR) is 61.7 cm³/mol. The third-order valence-corrected chi connectivity index (χ3v) is 2.08. The van der Waals surface area contributed by atoms with Gasteiger partial charge in [-0.15, -0.1) is 0 Å². The van der Waals surface area contributed by atoms with E-state index in [-0.39, 0.29) is 17.6 Å². The van der Waals surface area contributed by atoms with Gasteiger partial charge in [0, 0.05) is 18.3 Å². The number of hydrogen-bond acceptors (Lipinski definition) is 3. The minimum atomic E-state index is -0.302. The molecule has 0 saturated carbocycles. The second-order valence-corrected chi connectivity index (χ2v) is 3.92. The van der Waals surface area contributed by atoms with Gasteiger partial charge in [0.15, 0.2) is 0 Å². The number of aromatic amines is 2. The second kappa shape index (κ2) is 4.28. The minimum Gasteiger partial charge on any atom is -0.334 e. The van der Waals surface area contributed by atoms with Crippen LogP contribution in [0.15, 0.2) is 23.1 Å². The number of H-pyrrole nitrogens is 2. The molecule has 7 nitrogen and oxygen atoms in total. The number of hydrogen-bond donors (Lipinski definition) is 3. The molecule has 0 saturated heterocycles. The van der Waals surface area contributed by atoms with Crippen LogP contribution in [-0.2, 0) is 0 Å². The maximum atomic E-state index is 11.6. The quantitative estimate of drug-likeness (QED) is 0.708. The van der Waals surface area contributed by atoms with Crippen LogP contribution in [0.5, 0.6) is 0 Å². The molecule has 0 spiro atoms. The molecule has 2 rings (SSSR count). The summed E-state index contributed by atoms with van der Waals surface area (Å²) in [5.74, 6) is 0. The first-order valence-electron chi connectivity index (χ1n) is 5.21. The standard InChI is InChI=1S/C10H13N5O2/c1-6(2)11-10(17)15-4-3-7(14-15)8-5-9(16)13-12-8/h3-6H,1-2H3,(H,11,17)(H2,12,13,16). The number of rotatable bonds is 2. The van der Waals surface area contributed by atoms with E-state index in [1.165, 1.54) is 10.7 Å². The van der Waals surface area contributed by atoms with Crippen LogP contribution < -0.4 is 10.9 Å². The molecule has 0 unspecified atom stereocenters. The Hall–Kier alpha value is -2.31. The van der Waals surface area contributed by atoms with Crippen LogP contribution >= 0.6 is 0 Å². The monoisotopic (exact) mass is 235 g/mol. The molecule has 0 bridgehead atoms. The van der Waals surface area contributed by atoms with Crippen molar-refractivity contribution in [3.63, 3.8) is 0 Å². The highest BCUT2D eigenvalue weighted by molar-refractivity contribution is 5.76. The number of carbonyl (C=O) groups excluding carboxylic acids is 1. The van der Waals surface area contributed by atoms with Crippen molar-refractivity contribution in [1.29, 1.82) is 0 Å². The van der Waals surface area contributed by atoms with E-state index in [1.54, 1.807) is 12.3 Å². The first-order valence-corrected chi connectivity index (χ1v) is 5.21. The Morgan fingerprint density at radius 2 is 2.24 bits per heavy atom. The average molecular weight is 235 g/mol. The number of nitrogens with zero attached hydrogens (tertiary/aromatic N) is 2. The fourth-order valence-corrected chi connectivity index (χ4v) is 1.36. The van der Waals surface area contributed by atoms with Gasteiger partial charge in [-0.3, -0.25) is 15.0 Å². The topological polar surface area (TPSA) is 95.6 Å². The molecule has 2 aromatic rings. The predicted octanol–water partition coefficient (Wildman–Crippen LogP) is 0.533. The van der Waals surface area contributed by atoms with E-state index in [0.717, 1.165) is 0 Å². The van der Waals surface area contributed by atoms with Crippen molar-refractivity contribution in [2.75, 3.05) is 0 Å². The first-order chi connectivity index (χ1) is 8.06. The molecule has 90 valence electrons. The summed E-state index contributed by atoms with van der Waals surface area (Å²) in [6, 6.07) is 2.78. The molecule has 1 amide bonds. The van der Waals surface area contributed by atoms with Gasteiger partial charge in [0.2, 0.25) is 0 Å². The number of carbonyl (C=O) groups is 1. The van der Waals surface area contributed by atoms with E-state index in [2.05, 4.69) is 20.6 Å². The van der Waals surface area contributed by atoms with Gasteiger partial charge in [-0.1, -0.05) is 0 Å². The lowest BCUT2D eigenvalue weighted by atomic mass is 10.3. The molecule has 3 N–H and O–H groups in total. The maximum absolute atomic E-state index is 11.6. The summed E-state index contributed by atoms with van der Waals surface area (Å²) in [5, 5.41) is 11.8. The molecule has 0 fully saturated rings. The van der Waals surface area contributed by atoms with E-state index < -0.39 is 0 Å². The van der Waals surface area contributed by atoms with Crippen molar-refractivity contribution in [3.05, 3.63) is 28.7 Å². The Kier molecular flexibility index (Phi) is 2.82. The van der Waals surface area contributed by atoms with Gasteiger partial charge in [0.1, 0.15) is 5.69 Å². The van der Waals surface area contributed by atoms with Crippen LogP contribution in [-0.4, -0.2) is 32.1 Å². The van der Waals surface area contributed by atoms with E-state index in [9.17, 15) is 9.59 Å². The third-order valence-electron chi connectivity index (χ3n) is 2.08. The summed E-state index contributed by atoms with van der Waals surface area (Å²) < 4.78 is 1.20. The summed E-state index contributed by atoms with van der Waals surface area (Å²) >= 11 is 0. The average Bonchev–Trinajstić information content (AvgIpc) is 2.84. The lowest BCUT2D eigenvalue weighted by Crippen LogP contribution is -2.34. The summed E-state index contributed by atoms with van der Waals surface area (Å²) in [6.07, 6.45) is 1.54. The molecule has 2 aromatic heterocycles. The molecule has 0 aliphatic rings. The smallest absolute Gasteiger partial charge is 0.334 e. The van der Waals surface area contributed by atoms with Gasteiger partial charge >= 0.3 is 6.03 Å². The minimum absolute atomic E-state index is 0.0437. The van der Waals surface area contributed by atoms with E-state index in [1.807, 2.05) is 13.8 Å². The van der Waals surface area contributed by atoms with E-state index in [4.69, 9.17) is 0 Å². The highest BCUT2D eigenvalue weighted by Crippen LogP contribution is 2.10. The Labute approximate surface area is 96.8 Å². The molecule has 0 atom stereocenters. The summed E-state index contributed by atoms with van der Waals surface area (Å²) in [5.41, 5.74) is 0.842. The van der Waals surface area contributed by atoms with Crippen molar-refractivity contribution >= 4 is 6.03 Å². The van der Waals surface area contributed by atoms with Crippen LogP contribution in [0.1, 0.15) is 13.8 Å². The largest absolute Gasteiger partial charge is 0.342 e. The zero-order chi connectivity index (χ0) is 12.4. The Balaban J connectivity index is 2.21.